The standard InChI is InChI=1S/C25H33NO3S/c1-28-23-8-7-22(13-24(23)29-2)30-15-17-3-4-19-12-20(6-5-18(19)11-17)21-9-10-25(26,14-21)16-27/h5-8,12-13,17,21,27H,3-4,9-11,14-16,26H2,1-2H3/t17-,21+,25-/m1/s1. The number of nitrogens with two attached hydrogens (primary N) is 1. The number of hydrogen-bond acceptors (Lipinski definition) is 5. The molecule has 0 saturated heterocycles. The maximum Gasteiger partial charge on any atom is 0.161 e. The monoisotopic (exact) mass is 427 g/mol. The highest BCUT2D eigenvalue weighted by molar-refractivity contribution is 7.99. The van der Waals surface area contributed by atoms with E-state index in [4.69, 9.17) is 15.2 Å². The lowest BCUT2D eigenvalue weighted by atomic mass is 9.82. The molecule has 0 amide bonds. The molecule has 30 heavy (non-hydrogen) atoms. The molecule has 2 aliphatic rings. The highest BCUT2D eigenvalue weighted by atomic mass is 32.2. The number of rotatable bonds is 7. The molecule has 3 atom stereocenters. The van der Waals surface area contributed by atoms with Crippen LogP contribution in [0.5, 0.6) is 11.5 Å². The predicted octanol–water partition coefficient (Wildman–Crippen LogP) is 4.56. The first-order valence-corrected chi connectivity index (χ1v) is 11.9. The molecule has 4 nitrogen and oxygen atoms in total. The summed E-state index contributed by atoms with van der Waals surface area (Å²) in [5.74, 6) is 3.87. The first kappa shape index (κ1) is 21.5. The Labute approximate surface area is 184 Å². The fraction of sp³-hybridized carbons (Fsp3) is 0.520. The minimum absolute atomic E-state index is 0.0911. The molecule has 0 heterocycles. The van der Waals surface area contributed by atoms with E-state index in [0.29, 0.717) is 11.8 Å². The van der Waals surface area contributed by atoms with Crippen molar-refractivity contribution in [3.8, 4) is 11.5 Å². The smallest absolute Gasteiger partial charge is 0.161 e. The molecule has 0 aromatic heterocycles. The van der Waals surface area contributed by atoms with Crippen LogP contribution in [0, 0.1) is 5.92 Å². The third kappa shape index (κ3) is 4.63. The number of thioether (sulfide) groups is 1. The minimum Gasteiger partial charge on any atom is -0.493 e. The fourth-order valence-corrected chi connectivity index (χ4v) is 6.02. The Bertz CT molecular complexity index is 887. The highest BCUT2D eigenvalue weighted by Gasteiger charge is 2.36. The third-order valence-corrected chi connectivity index (χ3v) is 8.06. The SMILES string of the molecule is COc1ccc(SC[C@@H]2CCc3cc([C@H]4CC[C@](N)(CO)C4)ccc3C2)cc1OC. The van der Waals surface area contributed by atoms with Crippen LogP contribution in [0.1, 0.15) is 48.3 Å². The summed E-state index contributed by atoms with van der Waals surface area (Å²) in [5, 5.41) is 9.56. The van der Waals surface area contributed by atoms with E-state index in [1.807, 2.05) is 17.8 Å². The van der Waals surface area contributed by atoms with Gasteiger partial charge in [0.25, 0.3) is 0 Å². The second-order valence-corrected chi connectivity index (χ2v) is 10.0. The number of hydrogen-bond donors (Lipinski definition) is 2. The number of methoxy groups -OCH3 is 2. The lowest BCUT2D eigenvalue weighted by Gasteiger charge is -2.26. The van der Waals surface area contributed by atoms with E-state index in [9.17, 15) is 5.11 Å². The summed E-state index contributed by atoms with van der Waals surface area (Å²) in [5.41, 5.74) is 10.3. The van der Waals surface area contributed by atoms with Gasteiger partial charge in [0.2, 0.25) is 0 Å². The molecule has 0 bridgehead atoms. The van der Waals surface area contributed by atoms with Crippen LogP contribution in [0.2, 0.25) is 0 Å². The van der Waals surface area contributed by atoms with Crippen molar-refractivity contribution < 1.29 is 14.6 Å². The Hall–Kier alpha value is -1.69. The summed E-state index contributed by atoms with van der Waals surface area (Å²) in [6.45, 7) is 0.0911. The van der Waals surface area contributed by atoms with Gasteiger partial charge in [0.1, 0.15) is 0 Å². The molecule has 1 saturated carbocycles. The summed E-state index contributed by atoms with van der Waals surface area (Å²) in [6, 6.07) is 13.2. The molecule has 3 N–H and O–H groups in total. The van der Waals surface area contributed by atoms with E-state index in [1.165, 1.54) is 28.0 Å². The molecule has 2 aliphatic carbocycles. The lowest BCUT2D eigenvalue weighted by Crippen LogP contribution is -2.40. The molecule has 162 valence electrons. The fourth-order valence-electron chi connectivity index (χ4n) is 4.95. The van der Waals surface area contributed by atoms with E-state index in [-0.39, 0.29) is 12.1 Å². The second kappa shape index (κ2) is 9.21. The molecular weight excluding hydrogens is 394 g/mol. The van der Waals surface area contributed by atoms with E-state index in [2.05, 4.69) is 30.3 Å². The van der Waals surface area contributed by atoms with Crippen LogP contribution in [-0.4, -0.2) is 37.2 Å². The van der Waals surface area contributed by atoms with Gasteiger partial charge in [-0.15, -0.1) is 11.8 Å². The molecule has 0 aliphatic heterocycles. The second-order valence-electron chi connectivity index (χ2n) is 8.92. The van der Waals surface area contributed by atoms with Gasteiger partial charge in [-0.05, 0) is 85.3 Å². The van der Waals surface area contributed by atoms with Gasteiger partial charge in [0.05, 0.1) is 20.8 Å². The quantitative estimate of drug-likeness (QED) is 0.634. The number of benzene rings is 2. The van der Waals surface area contributed by atoms with E-state index < -0.39 is 0 Å². The van der Waals surface area contributed by atoms with E-state index >= 15 is 0 Å². The van der Waals surface area contributed by atoms with Crippen molar-refractivity contribution in [3.63, 3.8) is 0 Å². The number of aliphatic hydroxyl groups is 1. The van der Waals surface area contributed by atoms with Gasteiger partial charge in [-0.2, -0.15) is 0 Å². The van der Waals surface area contributed by atoms with Crippen LogP contribution < -0.4 is 15.2 Å². The third-order valence-electron chi connectivity index (χ3n) is 6.83. The van der Waals surface area contributed by atoms with Crippen molar-refractivity contribution in [1.29, 1.82) is 0 Å². The maximum atomic E-state index is 9.56. The summed E-state index contributed by atoms with van der Waals surface area (Å²) in [7, 11) is 3.35. The summed E-state index contributed by atoms with van der Waals surface area (Å²) >= 11 is 1.90. The van der Waals surface area contributed by atoms with Gasteiger partial charge in [-0.3, -0.25) is 0 Å². The molecule has 1 fully saturated rings. The first-order valence-electron chi connectivity index (χ1n) is 10.9. The Kier molecular flexibility index (Phi) is 6.61. The number of fused-ring (bicyclic) bond motifs is 1. The normalized spacial score (nSPS) is 25.7. The van der Waals surface area contributed by atoms with Crippen molar-refractivity contribution in [2.75, 3.05) is 26.6 Å². The van der Waals surface area contributed by atoms with Crippen LogP contribution in [-0.2, 0) is 12.8 Å². The molecule has 4 rings (SSSR count). The molecule has 2 aromatic rings. The molecule has 0 spiro atoms. The molecule has 0 unspecified atom stereocenters. The van der Waals surface area contributed by atoms with Gasteiger partial charge < -0.3 is 20.3 Å². The van der Waals surface area contributed by atoms with E-state index in [0.717, 1.165) is 49.4 Å². The van der Waals surface area contributed by atoms with Crippen LogP contribution in [0.4, 0.5) is 0 Å². The van der Waals surface area contributed by atoms with Gasteiger partial charge in [0.15, 0.2) is 11.5 Å². The van der Waals surface area contributed by atoms with Crippen molar-refractivity contribution >= 4 is 11.8 Å². The zero-order chi connectivity index (χ0) is 21.1. The minimum atomic E-state index is -0.382. The van der Waals surface area contributed by atoms with Gasteiger partial charge in [-0.25, -0.2) is 0 Å². The summed E-state index contributed by atoms with van der Waals surface area (Å²) in [4.78, 5) is 1.23. The zero-order valence-electron chi connectivity index (χ0n) is 18.0. The molecule has 2 aromatic carbocycles. The van der Waals surface area contributed by atoms with E-state index in [1.54, 1.807) is 14.2 Å². The average molecular weight is 428 g/mol. The summed E-state index contributed by atoms with van der Waals surface area (Å²) in [6.07, 6.45) is 6.44. The van der Waals surface area contributed by atoms with Crippen LogP contribution in [0.25, 0.3) is 0 Å². The van der Waals surface area contributed by atoms with Crippen molar-refractivity contribution in [2.24, 2.45) is 11.7 Å². The topological polar surface area (TPSA) is 64.7 Å². The van der Waals surface area contributed by atoms with Crippen LogP contribution in [0.3, 0.4) is 0 Å². The first-order chi connectivity index (χ1) is 14.5. The van der Waals surface area contributed by atoms with Crippen molar-refractivity contribution in [2.45, 2.75) is 54.9 Å². The van der Waals surface area contributed by atoms with Crippen molar-refractivity contribution in [1.82, 2.24) is 0 Å². The Morgan fingerprint density at radius 3 is 2.63 bits per heavy atom. The predicted molar refractivity (Wildman–Crippen MR) is 123 cm³/mol. The Balaban J connectivity index is 1.36. The van der Waals surface area contributed by atoms with Crippen LogP contribution >= 0.6 is 11.8 Å². The van der Waals surface area contributed by atoms with Gasteiger partial charge in [-0.1, -0.05) is 18.2 Å². The maximum absolute atomic E-state index is 9.56. The number of aliphatic hydroxyl groups excluding tert-OH is 1. The summed E-state index contributed by atoms with van der Waals surface area (Å²) < 4.78 is 10.8. The molecule has 0 radical (unpaired) electrons. The molecule has 5 heteroatoms. The van der Waals surface area contributed by atoms with Crippen molar-refractivity contribution in [3.05, 3.63) is 53.1 Å². The van der Waals surface area contributed by atoms with Crippen LogP contribution in [0.15, 0.2) is 41.3 Å². The lowest BCUT2D eigenvalue weighted by molar-refractivity contribution is 0.198. The average Bonchev–Trinajstić information content (AvgIpc) is 3.19. The van der Waals surface area contributed by atoms with Gasteiger partial charge >= 0.3 is 0 Å². The Morgan fingerprint density at radius 2 is 1.90 bits per heavy atom. The van der Waals surface area contributed by atoms with Gasteiger partial charge in [0, 0.05) is 16.2 Å². The zero-order valence-corrected chi connectivity index (χ0v) is 18.8. The molecular formula is C25H33NO3S. The highest BCUT2D eigenvalue weighted by Crippen LogP contribution is 2.41. The number of ether oxygens (including phenoxy) is 2. The largest absolute Gasteiger partial charge is 0.493 e. The Morgan fingerprint density at radius 1 is 1.07 bits per heavy atom. The number of aryl methyl sites for hydroxylation is 1.